The minimum absolute atomic E-state index is 0.150. The summed E-state index contributed by atoms with van der Waals surface area (Å²) in [7, 11) is 1.89. The first-order valence-corrected chi connectivity index (χ1v) is 5.49. The van der Waals surface area contributed by atoms with Gasteiger partial charge >= 0.3 is 5.97 Å². The van der Waals surface area contributed by atoms with Gasteiger partial charge in [0.05, 0.1) is 12.1 Å². The van der Waals surface area contributed by atoms with Crippen molar-refractivity contribution in [2.24, 2.45) is 0 Å². The summed E-state index contributed by atoms with van der Waals surface area (Å²) in [6, 6.07) is 6.02. The van der Waals surface area contributed by atoms with Gasteiger partial charge in [0.25, 0.3) is 0 Å². The number of carboxylic acid groups (broad SMARTS) is 1. The fraction of sp³-hybridized carbons (Fsp3) is 0.364. The van der Waals surface area contributed by atoms with Crippen molar-refractivity contribution in [2.45, 2.75) is 13.3 Å². The van der Waals surface area contributed by atoms with Gasteiger partial charge in [0, 0.05) is 18.1 Å². The summed E-state index contributed by atoms with van der Waals surface area (Å²) in [6.07, 6.45) is 0.150. The zero-order chi connectivity index (χ0) is 11.4. The number of anilines is 1. The van der Waals surface area contributed by atoms with Crippen molar-refractivity contribution in [1.82, 2.24) is 0 Å². The second-order valence-corrected chi connectivity index (χ2v) is 4.37. The Bertz CT molecular complexity index is 366. The molecule has 0 aliphatic heterocycles. The van der Waals surface area contributed by atoms with E-state index in [2.05, 4.69) is 15.9 Å². The van der Waals surface area contributed by atoms with Crippen molar-refractivity contribution >= 4 is 27.6 Å². The maximum atomic E-state index is 10.4. The number of carbonyl (C=O) groups is 1. The Morgan fingerprint density at radius 2 is 2.20 bits per heavy atom. The van der Waals surface area contributed by atoms with Crippen LogP contribution in [0.15, 0.2) is 22.7 Å². The molecule has 0 unspecified atom stereocenters. The van der Waals surface area contributed by atoms with E-state index in [0.717, 1.165) is 10.2 Å². The van der Waals surface area contributed by atoms with Crippen LogP contribution in [0.3, 0.4) is 0 Å². The molecule has 0 aliphatic carbocycles. The summed E-state index contributed by atoms with van der Waals surface area (Å²) in [5.41, 5.74) is 2.19. The van der Waals surface area contributed by atoms with Crippen LogP contribution in [-0.4, -0.2) is 24.7 Å². The molecule has 1 N–H and O–H groups in total. The van der Waals surface area contributed by atoms with Gasteiger partial charge in [-0.05, 0) is 40.5 Å². The molecule has 1 aromatic carbocycles. The molecule has 1 rings (SSSR count). The highest BCUT2D eigenvalue weighted by molar-refractivity contribution is 9.10. The normalized spacial score (nSPS) is 10.1. The van der Waals surface area contributed by atoms with Crippen LogP contribution in [0.25, 0.3) is 0 Å². The summed E-state index contributed by atoms with van der Waals surface area (Å²) in [4.78, 5) is 12.4. The molecule has 0 heterocycles. The molecule has 0 saturated carbocycles. The smallest absolute Gasteiger partial charge is 0.305 e. The average molecular weight is 272 g/mol. The van der Waals surface area contributed by atoms with Crippen LogP contribution in [0.1, 0.15) is 12.0 Å². The third kappa shape index (κ3) is 3.55. The van der Waals surface area contributed by atoms with Crippen molar-refractivity contribution in [3.05, 3.63) is 28.2 Å². The molecule has 0 atom stereocenters. The van der Waals surface area contributed by atoms with Crippen LogP contribution in [-0.2, 0) is 4.79 Å². The molecular formula is C11H14BrNO2. The number of halogens is 1. The molecule has 82 valence electrons. The summed E-state index contributed by atoms with van der Waals surface area (Å²) in [5, 5.41) is 8.58. The molecule has 0 saturated heterocycles. The Morgan fingerprint density at radius 1 is 1.53 bits per heavy atom. The van der Waals surface area contributed by atoms with Gasteiger partial charge in [-0.15, -0.1) is 0 Å². The van der Waals surface area contributed by atoms with Crippen LogP contribution in [0.5, 0.6) is 0 Å². The standard InChI is InChI=1S/C11H14BrNO2/c1-8-3-4-10(9(12)7-8)13(2)6-5-11(14)15/h3-4,7H,5-6H2,1-2H3,(H,14,15). The summed E-state index contributed by atoms with van der Waals surface area (Å²) >= 11 is 3.47. The lowest BCUT2D eigenvalue weighted by molar-refractivity contribution is -0.136. The van der Waals surface area contributed by atoms with Gasteiger partial charge in [0.15, 0.2) is 0 Å². The second kappa shape index (κ2) is 5.16. The lowest BCUT2D eigenvalue weighted by Crippen LogP contribution is -2.21. The molecule has 0 amide bonds. The quantitative estimate of drug-likeness (QED) is 0.916. The molecule has 1 aromatic rings. The highest BCUT2D eigenvalue weighted by Crippen LogP contribution is 2.26. The molecule has 4 heteroatoms. The van der Waals surface area contributed by atoms with Gasteiger partial charge in [-0.3, -0.25) is 4.79 Å². The Morgan fingerprint density at radius 3 is 2.73 bits per heavy atom. The van der Waals surface area contributed by atoms with Crippen molar-refractivity contribution in [2.75, 3.05) is 18.5 Å². The third-order valence-corrected chi connectivity index (χ3v) is 2.81. The van der Waals surface area contributed by atoms with Crippen molar-refractivity contribution < 1.29 is 9.90 Å². The minimum Gasteiger partial charge on any atom is -0.481 e. The van der Waals surface area contributed by atoms with E-state index in [-0.39, 0.29) is 6.42 Å². The Balaban J connectivity index is 2.73. The number of nitrogens with zero attached hydrogens (tertiary/aromatic N) is 1. The molecule has 0 bridgehead atoms. The second-order valence-electron chi connectivity index (χ2n) is 3.52. The Kier molecular flexibility index (Phi) is 4.15. The van der Waals surface area contributed by atoms with Crippen LogP contribution >= 0.6 is 15.9 Å². The molecule has 0 aliphatic rings. The topological polar surface area (TPSA) is 40.5 Å². The van der Waals surface area contributed by atoms with Crippen molar-refractivity contribution in [1.29, 1.82) is 0 Å². The Hall–Kier alpha value is -1.03. The van der Waals surface area contributed by atoms with Gasteiger partial charge < -0.3 is 10.0 Å². The van der Waals surface area contributed by atoms with E-state index in [1.807, 2.05) is 37.1 Å². The molecule has 0 aromatic heterocycles. The number of carboxylic acids is 1. The zero-order valence-corrected chi connectivity index (χ0v) is 10.4. The predicted molar refractivity (Wildman–Crippen MR) is 64.4 cm³/mol. The lowest BCUT2D eigenvalue weighted by atomic mass is 10.2. The number of rotatable bonds is 4. The number of aryl methyl sites for hydroxylation is 1. The number of hydrogen-bond donors (Lipinski definition) is 1. The van der Waals surface area contributed by atoms with E-state index < -0.39 is 5.97 Å². The van der Waals surface area contributed by atoms with E-state index in [9.17, 15) is 4.79 Å². The van der Waals surface area contributed by atoms with Gasteiger partial charge in [-0.1, -0.05) is 6.07 Å². The van der Waals surface area contributed by atoms with E-state index in [1.54, 1.807) is 0 Å². The van der Waals surface area contributed by atoms with E-state index >= 15 is 0 Å². The van der Waals surface area contributed by atoms with E-state index in [1.165, 1.54) is 5.56 Å². The van der Waals surface area contributed by atoms with Crippen LogP contribution in [0.2, 0.25) is 0 Å². The lowest BCUT2D eigenvalue weighted by Gasteiger charge is -2.20. The molecule has 3 nitrogen and oxygen atoms in total. The minimum atomic E-state index is -0.773. The van der Waals surface area contributed by atoms with Crippen molar-refractivity contribution in [3.63, 3.8) is 0 Å². The summed E-state index contributed by atoms with van der Waals surface area (Å²) in [5.74, 6) is -0.773. The maximum absolute atomic E-state index is 10.4. The average Bonchev–Trinajstić information content (AvgIpc) is 2.14. The van der Waals surface area contributed by atoms with Gasteiger partial charge in [0.2, 0.25) is 0 Å². The van der Waals surface area contributed by atoms with Gasteiger partial charge in [-0.25, -0.2) is 0 Å². The van der Waals surface area contributed by atoms with Crippen LogP contribution in [0, 0.1) is 6.92 Å². The molecular weight excluding hydrogens is 258 g/mol. The largest absolute Gasteiger partial charge is 0.481 e. The third-order valence-electron chi connectivity index (χ3n) is 2.18. The number of benzene rings is 1. The van der Waals surface area contributed by atoms with E-state index in [4.69, 9.17) is 5.11 Å². The first-order chi connectivity index (χ1) is 7.00. The van der Waals surface area contributed by atoms with Gasteiger partial charge in [-0.2, -0.15) is 0 Å². The monoisotopic (exact) mass is 271 g/mol. The zero-order valence-electron chi connectivity index (χ0n) is 8.83. The molecule has 0 fully saturated rings. The van der Waals surface area contributed by atoms with Gasteiger partial charge in [0.1, 0.15) is 0 Å². The predicted octanol–water partition coefficient (Wildman–Crippen LogP) is 2.67. The van der Waals surface area contributed by atoms with Crippen LogP contribution < -0.4 is 4.90 Å². The fourth-order valence-electron chi connectivity index (χ4n) is 1.31. The number of aliphatic carboxylic acids is 1. The highest BCUT2D eigenvalue weighted by Gasteiger charge is 2.07. The highest BCUT2D eigenvalue weighted by atomic mass is 79.9. The molecule has 15 heavy (non-hydrogen) atoms. The first kappa shape index (κ1) is 12.0. The molecule has 0 radical (unpaired) electrons. The summed E-state index contributed by atoms with van der Waals surface area (Å²) < 4.78 is 0.996. The first-order valence-electron chi connectivity index (χ1n) is 4.70. The van der Waals surface area contributed by atoms with E-state index in [0.29, 0.717) is 6.54 Å². The maximum Gasteiger partial charge on any atom is 0.305 e. The fourth-order valence-corrected chi connectivity index (χ4v) is 2.10. The molecule has 0 spiro atoms. The Labute approximate surface area is 97.8 Å². The summed E-state index contributed by atoms with van der Waals surface area (Å²) in [6.45, 7) is 2.53. The SMILES string of the molecule is Cc1ccc(N(C)CCC(=O)O)c(Br)c1. The van der Waals surface area contributed by atoms with Crippen LogP contribution in [0.4, 0.5) is 5.69 Å². The number of hydrogen-bond acceptors (Lipinski definition) is 2. The van der Waals surface area contributed by atoms with Crippen molar-refractivity contribution in [3.8, 4) is 0 Å².